The van der Waals surface area contributed by atoms with Crippen molar-refractivity contribution in [1.82, 2.24) is 19.6 Å². The standard InChI is InChI=1S/C21H28BrFN4O2/c22-18-14-16(4-5-19(18)23)21(29)27-8-6-24(7-9-27)15-20(28)26-12-10-25(11-13-26)17-2-1-3-17/h4-5,14,17H,1-3,6-13,15H2. The SMILES string of the molecule is O=C(CN1CCN(C(=O)c2ccc(F)c(Br)c2)CC1)N1CCN(C2CCC2)CC1. The van der Waals surface area contributed by atoms with E-state index in [1.165, 1.54) is 37.5 Å². The first kappa shape index (κ1) is 20.8. The Balaban J connectivity index is 1.22. The molecule has 2 heterocycles. The topological polar surface area (TPSA) is 47.1 Å². The van der Waals surface area contributed by atoms with Gasteiger partial charge in [-0.3, -0.25) is 19.4 Å². The molecular formula is C21H28BrFN4O2. The lowest BCUT2D eigenvalue weighted by Crippen LogP contribution is -2.56. The fourth-order valence-electron chi connectivity index (χ4n) is 4.30. The minimum Gasteiger partial charge on any atom is -0.339 e. The third kappa shape index (κ3) is 4.81. The maximum atomic E-state index is 13.4. The van der Waals surface area contributed by atoms with Crippen LogP contribution in [0.5, 0.6) is 0 Å². The van der Waals surface area contributed by atoms with Crippen LogP contribution in [0.15, 0.2) is 22.7 Å². The number of hydrogen-bond donors (Lipinski definition) is 0. The number of carbonyl (C=O) groups excluding carboxylic acids is 2. The summed E-state index contributed by atoms with van der Waals surface area (Å²) in [7, 11) is 0. The van der Waals surface area contributed by atoms with Gasteiger partial charge in [0.05, 0.1) is 11.0 Å². The summed E-state index contributed by atoms with van der Waals surface area (Å²) < 4.78 is 13.7. The summed E-state index contributed by atoms with van der Waals surface area (Å²) in [5.74, 6) is -0.275. The Labute approximate surface area is 179 Å². The summed E-state index contributed by atoms with van der Waals surface area (Å²) in [5.41, 5.74) is 0.479. The van der Waals surface area contributed by atoms with E-state index in [1.54, 1.807) is 4.90 Å². The van der Waals surface area contributed by atoms with Crippen molar-refractivity contribution in [2.24, 2.45) is 0 Å². The van der Waals surface area contributed by atoms with Crippen molar-refractivity contribution in [2.45, 2.75) is 25.3 Å². The van der Waals surface area contributed by atoms with E-state index in [-0.39, 0.29) is 17.6 Å². The minimum atomic E-state index is -0.376. The molecule has 0 radical (unpaired) electrons. The van der Waals surface area contributed by atoms with Crippen LogP contribution < -0.4 is 0 Å². The van der Waals surface area contributed by atoms with Crippen molar-refractivity contribution >= 4 is 27.7 Å². The van der Waals surface area contributed by atoms with E-state index in [2.05, 4.69) is 25.7 Å². The van der Waals surface area contributed by atoms with Crippen LogP contribution in [0.25, 0.3) is 0 Å². The predicted octanol–water partition coefficient (Wildman–Crippen LogP) is 2.04. The molecule has 0 bridgehead atoms. The van der Waals surface area contributed by atoms with Gasteiger partial charge in [0.15, 0.2) is 0 Å². The average molecular weight is 467 g/mol. The van der Waals surface area contributed by atoms with Gasteiger partial charge >= 0.3 is 0 Å². The Bertz CT molecular complexity index is 757. The van der Waals surface area contributed by atoms with E-state index < -0.39 is 0 Å². The lowest BCUT2D eigenvalue weighted by molar-refractivity contribution is -0.135. The van der Waals surface area contributed by atoms with Crippen LogP contribution in [-0.2, 0) is 4.79 Å². The molecule has 4 rings (SSSR count). The monoisotopic (exact) mass is 466 g/mol. The number of carbonyl (C=O) groups is 2. The number of hydrogen-bond acceptors (Lipinski definition) is 4. The van der Waals surface area contributed by atoms with Gasteiger partial charge < -0.3 is 9.80 Å². The van der Waals surface area contributed by atoms with Crippen LogP contribution in [-0.4, -0.2) is 96.4 Å². The lowest BCUT2D eigenvalue weighted by atomic mass is 9.91. The van der Waals surface area contributed by atoms with Gasteiger partial charge in [-0.15, -0.1) is 0 Å². The van der Waals surface area contributed by atoms with Crippen molar-refractivity contribution in [1.29, 1.82) is 0 Å². The Morgan fingerprint density at radius 1 is 0.966 bits per heavy atom. The summed E-state index contributed by atoms with van der Waals surface area (Å²) >= 11 is 3.13. The van der Waals surface area contributed by atoms with E-state index in [4.69, 9.17) is 0 Å². The second-order valence-electron chi connectivity index (χ2n) is 8.20. The van der Waals surface area contributed by atoms with Gasteiger partial charge in [-0.2, -0.15) is 0 Å². The highest BCUT2D eigenvalue weighted by atomic mass is 79.9. The van der Waals surface area contributed by atoms with Crippen LogP contribution in [0.3, 0.4) is 0 Å². The molecule has 29 heavy (non-hydrogen) atoms. The van der Waals surface area contributed by atoms with Crippen LogP contribution in [0.1, 0.15) is 29.6 Å². The van der Waals surface area contributed by atoms with Crippen molar-refractivity contribution < 1.29 is 14.0 Å². The molecule has 1 saturated carbocycles. The zero-order valence-corrected chi connectivity index (χ0v) is 18.2. The Hall–Kier alpha value is -1.51. The van der Waals surface area contributed by atoms with Gasteiger partial charge in [0, 0.05) is 64.0 Å². The van der Waals surface area contributed by atoms with E-state index in [1.807, 2.05) is 4.90 Å². The Kier molecular flexibility index (Phi) is 6.51. The van der Waals surface area contributed by atoms with Crippen LogP contribution in [0.2, 0.25) is 0 Å². The van der Waals surface area contributed by atoms with Crippen LogP contribution >= 0.6 is 15.9 Å². The third-order valence-electron chi connectivity index (χ3n) is 6.44. The highest BCUT2D eigenvalue weighted by molar-refractivity contribution is 9.10. The van der Waals surface area contributed by atoms with Crippen molar-refractivity contribution in [3.63, 3.8) is 0 Å². The highest BCUT2D eigenvalue weighted by Gasteiger charge is 2.30. The van der Waals surface area contributed by atoms with Crippen molar-refractivity contribution in [3.05, 3.63) is 34.1 Å². The van der Waals surface area contributed by atoms with Gasteiger partial charge in [-0.25, -0.2) is 4.39 Å². The zero-order chi connectivity index (χ0) is 20.4. The number of nitrogens with zero attached hydrogens (tertiary/aromatic N) is 4. The van der Waals surface area contributed by atoms with Gasteiger partial charge in [-0.1, -0.05) is 6.42 Å². The summed E-state index contributed by atoms with van der Waals surface area (Å²) in [5, 5.41) is 0. The molecule has 0 spiro atoms. The highest BCUT2D eigenvalue weighted by Crippen LogP contribution is 2.25. The molecule has 2 amide bonds. The molecule has 0 aromatic heterocycles. The number of rotatable bonds is 4. The third-order valence-corrected chi connectivity index (χ3v) is 7.05. The number of amides is 2. The molecule has 1 aliphatic carbocycles. The molecule has 6 nitrogen and oxygen atoms in total. The molecule has 1 aromatic carbocycles. The second kappa shape index (κ2) is 9.10. The molecule has 1 aromatic rings. The number of benzene rings is 1. The fraction of sp³-hybridized carbons (Fsp3) is 0.619. The summed E-state index contributed by atoms with van der Waals surface area (Å²) in [6, 6.07) is 5.09. The largest absolute Gasteiger partial charge is 0.339 e. The smallest absolute Gasteiger partial charge is 0.253 e. The van der Waals surface area contributed by atoms with Crippen molar-refractivity contribution in [3.8, 4) is 0 Å². The maximum Gasteiger partial charge on any atom is 0.253 e. The minimum absolute atomic E-state index is 0.0937. The second-order valence-corrected chi connectivity index (χ2v) is 9.05. The zero-order valence-electron chi connectivity index (χ0n) is 16.7. The maximum absolute atomic E-state index is 13.4. The molecule has 2 aliphatic heterocycles. The molecule has 0 N–H and O–H groups in total. The van der Waals surface area contributed by atoms with E-state index in [0.29, 0.717) is 42.8 Å². The molecule has 0 atom stereocenters. The van der Waals surface area contributed by atoms with Crippen LogP contribution in [0, 0.1) is 5.82 Å². The number of piperazine rings is 2. The predicted molar refractivity (Wildman–Crippen MR) is 112 cm³/mol. The van der Waals surface area contributed by atoms with E-state index in [0.717, 1.165) is 32.2 Å². The quantitative estimate of drug-likeness (QED) is 0.681. The summed E-state index contributed by atoms with van der Waals surface area (Å²) in [4.78, 5) is 33.7. The fourth-order valence-corrected chi connectivity index (χ4v) is 4.68. The molecular weight excluding hydrogens is 439 g/mol. The Morgan fingerprint density at radius 2 is 1.62 bits per heavy atom. The first-order valence-electron chi connectivity index (χ1n) is 10.5. The first-order valence-corrected chi connectivity index (χ1v) is 11.3. The molecule has 158 valence electrons. The molecule has 0 unspecified atom stereocenters. The van der Waals surface area contributed by atoms with Gasteiger partial charge in [0.2, 0.25) is 5.91 Å². The normalized spacial score (nSPS) is 21.9. The molecule has 3 fully saturated rings. The molecule has 2 saturated heterocycles. The van der Waals surface area contributed by atoms with E-state index >= 15 is 0 Å². The molecule has 8 heteroatoms. The van der Waals surface area contributed by atoms with Crippen LogP contribution in [0.4, 0.5) is 4.39 Å². The van der Waals surface area contributed by atoms with Crippen molar-refractivity contribution in [2.75, 3.05) is 58.9 Å². The van der Waals surface area contributed by atoms with Gasteiger partial charge in [-0.05, 0) is 47.0 Å². The number of halogens is 2. The Morgan fingerprint density at radius 3 is 2.21 bits per heavy atom. The van der Waals surface area contributed by atoms with Gasteiger partial charge in [0.1, 0.15) is 5.82 Å². The summed E-state index contributed by atoms with van der Waals surface area (Å²) in [6.45, 7) is 6.59. The molecule has 3 aliphatic rings. The summed E-state index contributed by atoms with van der Waals surface area (Å²) in [6.07, 6.45) is 3.97. The average Bonchev–Trinajstić information content (AvgIpc) is 2.69. The van der Waals surface area contributed by atoms with Gasteiger partial charge in [0.25, 0.3) is 5.91 Å². The lowest BCUT2D eigenvalue weighted by Gasteiger charge is -2.43. The first-order chi connectivity index (χ1) is 14.0. The van der Waals surface area contributed by atoms with E-state index in [9.17, 15) is 14.0 Å².